The summed E-state index contributed by atoms with van der Waals surface area (Å²) in [6.45, 7) is 3.15. The summed E-state index contributed by atoms with van der Waals surface area (Å²) in [5, 5.41) is 3.48. The third-order valence-corrected chi connectivity index (χ3v) is 4.53. The number of aryl methyl sites for hydroxylation is 2. The molecule has 3 aromatic rings. The number of aromatic nitrogens is 2. The van der Waals surface area contributed by atoms with Gasteiger partial charge in [0, 0.05) is 26.6 Å². The Kier molecular flexibility index (Phi) is 5.98. The molecule has 0 atom stereocenters. The van der Waals surface area contributed by atoms with Crippen LogP contribution in [0.3, 0.4) is 0 Å². The monoisotopic (exact) mass is 365 g/mol. The van der Waals surface area contributed by atoms with Crippen molar-refractivity contribution in [2.24, 2.45) is 0 Å². The molecule has 140 valence electrons. The van der Waals surface area contributed by atoms with Gasteiger partial charge in [0.05, 0.1) is 23.8 Å². The minimum Gasteiger partial charge on any atom is -0.380 e. The largest absolute Gasteiger partial charge is 0.380 e. The second kappa shape index (κ2) is 8.60. The molecule has 0 saturated carbocycles. The Labute approximate surface area is 157 Å². The molecule has 0 spiro atoms. The molecule has 0 bridgehead atoms. The number of carbonyl (C=O) groups is 1. The normalized spacial score (nSPS) is 10.9. The molecule has 6 nitrogen and oxygen atoms in total. The Balaban J connectivity index is 1.62. The Morgan fingerprint density at radius 1 is 1.15 bits per heavy atom. The lowest BCUT2D eigenvalue weighted by atomic mass is 10.1. The van der Waals surface area contributed by atoms with Crippen LogP contribution in [0.5, 0.6) is 0 Å². The number of hydrogen-bond acceptors (Lipinski definition) is 4. The van der Waals surface area contributed by atoms with Crippen molar-refractivity contribution < 1.29 is 9.53 Å². The molecule has 3 rings (SSSR count). The highest BCUT2D eigenvalue weighted by Crippen LogP contribution is 2.12. The van der Waals surface area contributed by atoms with Crippen LogP contribution in [0.25, 0.3) is 10.9 Å². The first-order chi connectivity index (χ1) is 13.1. The standard InChI is InChI=1S/C21H23N3O3/c1-15-6-5-9-18-20(15)23-14-24(21(18)26)11-10-19(25)22-12-16-7-3-4-8-17(16)13-27-2/h3-9,14H,10-13H2,1-2H3,(H,22,25). The van der Waals surface area contributed by atoms with E-state index in [-0.39, 0.29) is 17.9 Å². The fraction of sp³-hybridized carbons (Fsp3) is 0.286. The lowest BCUT2D eigenvalue weighted by Crippen LogP contribution is -2.27. The van der Waals surface area contributed by atoms with Crippen LogP contribution in [0.1, 0.15) is 23.1 Å². The van der Waals surface area contributed by atoms with E-state index in [1.54, 1.807) is 13.2 Å². The molecule has 1 aromatic heterocycles. The number of rotatable bonds is 7. The van der Waals surface area contributed by atoms with Crippen molar-refractivity contribution in [1.82, 2.24) is 14.9 Å². The molecule has 0 fully saturated rings. The van der Waals surface area contributed by atoms with E-state index < -0.39 is 0 Å². The third-order valence-electron chi connectivity index (χ3n) is 4.53. The van der Waals surface area contributed by atoms with Crippen molar-refractivity contribution in [3.8, 4) is 0 Å². The molecule has 27 heavy (non-hydrogen) atoms. The van der Waals surface area contributed by atoms with Crippen molar-refractivity contribution in [2.75, 3.05) is 7.11 Å². The number of nitrogens with one attached hydrogen (secondary N) is 1. The lowest BCUT2D eigenvalue weighted by molar-refractivity contribution is -0.121. The van der Waals surface area contributed by atoms with Crippen molar-refractivity contribution in [2.45, 2.75) is 33.0 Å². The van der Waals surface area contributed by atoms with Crippen molar-refractivity contribution in [3.63, 3.8) is 0 Å². The van der Waals surface area contributed by atoms with Crippen LogP contribution in [0, 0.1) is 6.92 Å². The van der Waals surface area contributed by atoms with Gasteiger partial charge in [-0.3, -0.25) is 14.2 Å². The van der Waals surface area contributed by atoms with Crippen molar-refractivity contribution in [3.05, 3.63) is 75.8 Å². The number of carbonyl (C=O) groups excluding carboxylic acids is 1. The molecule has 1 heterocycles. The summed E-state index contributed by atoms with van der Waals surface area (Å²) in [4.78, 5) is 29.1. The van der Waals surface area contributed by atoms with Gasteiger partial charge >= 0.3 is 0 Å². The van der Waals surface area contributed by atoms with Crippen LogP contribution in [-0.2, 0) is 29.2 Å². The van der Waals surface area contributed by atoms with Crippen molar-refractivity contribution >= 4 is 16.8 Å². The zero-order valence-corrected chi connectivity index (χ0v) is 15.6. The molecule has 0 aliphatic carbocycles. The number of methoxy groups -OCH3 is 1. The molecule has 0 saturated heterocycles. The number of hydrogen-bond donors (Lipinski definition) is 1. The molecule has 0 aliphatic rings. The molecule has 0 unspecified atom stereocenters. The Morgan fingerprint density at radius 2 is 1.93 bits per heavy atom. The van der Waals surface area contributed by atoms with E-state index >= 15 is 0 Å². The molecule has 1 amide bonds. The zero-order valence-electron chi connectivity index (χ0n) is 15.6. The van der Waals surface area contributed by atoms with E-state index in [2.05, 4.69) is 10.3 Å². The number of nitrogens with zero attached hydrogens (tertiary/aromatic N) is 2. The Hall–Kier alpha value is -2.99. The predicted molar refractivity (Wildman–Crippen MR) is 104 cm³/mol. The van der Waals surface area contributed by atoms with Gasteiger partial charge in [0.25, 0.3) is 5.56 Å². The van der Waals surface area contributed by atoms with Gasteiger partial charge in [-0.05, 0) is 29.7 Å². The van der Waals surface area contributed by atoms with Crippen LogP contribution < -0.4 is 10.9 Å². The summed E-state index contributed by atoms with van der Waals surface area (Å²) in [6.07, 6.45) is 1.73. The fourth-order valence-corrected chi connectivity index (χ4v) is 3.03. The summed E-state index contributed by atoms with van der Waals surface area (Å²) in [5.41, 5.74) is 3.61. The van der Waals surface area contributed by atoms with E-state index in [0.717, 1.165) is 16.7 Å². The first-order valence-electron chi connectivity index (χ1n) is 8.87. The van der Waals surface area contributed by atoms with Crippen LogP contribution in [0.2, 0.25) is 0 Å². The second-order valence-electron chi connectivity index (χ2n) is 6.44. The van der Waals surface area contributed by atoms with Crippen LogP contribution >= 0.6 is 0 Å². The molecule has 2 aromatic carbocycles. The van der Waals surface area contributed by atoms with E-state index in [9.17, 15) is 9.59 Å². The minimum absolute atomic E-state index is 0.113. The lowest BCUT2D eigenvalue weighted by Gasteiger charge is -2.11. The van der Waals surface area contributed by atoms with Crippen molar-refractivity contribution in [1.29, 1.82) is 0 Å². The third kappa shape index (κ3) is 4.41. The molecule has 1 N–H and O–H groups in total. The van der Waals surface area contributed by atoms with E-state index in [1.165, 1.54) is 10.9 Å². The van der Waals surface area contributed by atoms with Gasteiger partial charge in [-0.15, -0.1) is 0 Å². The first kappa shape index (κ1) is 18.8. The van der Waals surface area contributed by atoms with Crippen LogP contribution in [0.4, 0.5) is 0 Å². The number of ether oxygens (including phenoxy) is 1. The number of para-hydroxylation sites is 1. The smallest absolute Gasteiger partial charge is 0.261 e. The topological polar surface area (TPSA) is 73.2 Å². The number of benzene rings is 2. The number of fused-ring (bicyclic) bond motifs is 1. The van der Waals surface area contributed by atoms with Crippen LogP contribution in [0.15, 0.2) is 53.6 Å². The SMILES string of the molecule is COCc1ccccc1CNC(=O)CCn1cnc2c(C)cccc2c1=O. The van der Waals surface area contributed by atoms with Gasteiger partial charge in [-0.2, -0.15) is 0 Å². The highest BCUT2D eigenvalue weighted by Gasteiger charge is 2.09. The van der Waals surface area contributed by atoms with Gasteiger partial charge in [0.2, 0.25) is 5.91 Å². The highest BCUT2D eigenvalue weighted by atomic mass is 16.5. The van der Waals surface area contributed by atoms with E-state index in [1.807, 2.05) is 43.3 Å². The minimum atomic E-state index is -0.123. The average Bonchev–Trinajstić information content (AvgIpc) is 2.67. The molecular weight excluding hydrogens is 342 g/mol. The van der Waals surface area contributed by atoms with Gasteiger partial charge in [0.15, 0.2) is 0 Å². The first-order valence-corrected chi connectivity index (χ1v) is 8.87. The average molecular weight is 365 g/mol. The predicted octanol–water partition coefficient (Wildman–Crippen LogP) is 2.56. The quantitative estimate of drug-likeness (QED) is 0.698. The summed E-state index contributed by atoms with van der Waals surface area (Å²) in [6, 6.07) is 13.4. The molecule has 0 aliphatic heterocycles. The Morgan fingerprint density at radius 3 is 2.70 bits per heavy atom. The van der Waals surface area contributed by atoms with E-state index in [0.29, 0.717) is 30.6 Å². The van der Waals surface area contributed by atoms with Gasteiger partial charge in [-0.25, -0.2) is 4.98 Å². The zero-order chi connectivity index (χ0) is 19.2. The van der Waals surface area contributed by atoms with E-state index in [4.69, 9.17) is 4.74 Å². The summed E-state index contributed by atoms with van der Waals surface area (Å²) < 4.78 is 6.67. The maximum atomic E-state index is 12.6. The highest BCUT2D eigenvalue weighted by molar-refractivity contribution is 5.80. The Bertz CT molecular complexity index is 1010. The fourth-order valence-electron chi connectivity index (χ4n) is 3.03. The summed E-state index contributed by atoms with van der Waals surface area (Å²) in [5.74, 6) is -0.113. The van der Waals surface area contributed by atoms with Gasteiger partial charge < -0.3 is 10.1 Å². The molecular formula is C21H23N3O3. The van der Waals surface area contributed by atoms with Gasteiger partial charge in [-0.1, -0.05) is 36.4 Å². The summed E-state index contributed by atoms with van der Waals surface area (Å²) in [7, 11) is 1.65. The maximum absolute atomic E-state index is 12.6. The molecule has 6 heteroatoms. The second-order valence-corrected chi connectivity index (χ2v) is 6.44. The van der Waals surface area contributed by atoms with Gasteiger partial charge in [0.1, 0.15) is 0 Å². The number of amides is 1. The summed E-state index contributed by atoms with van der Waals surface area (Å²) >= 11 is 0. The maximum Gasteiger partial charge on any atom is 0.261 e. The molecule has 0 radical (unpaired) electrons. The van der Waals surface area contributed by atoms with Crippen LogP contribution in [-0.4, -0.2) is 22.6 Å².